The molecule has 1 aromatic carbocycles. The van der Waals surface area contributed by atoms with Crippen molar-refractivity contribution >= 4 is 0 Å². The molecule has 0 bridgehead atoms. The van der Waals surface area contributed by atoms with Crippen LogP contribution in [-0.2, 0) is 0 Å². The van der Waals surface area contributed by atoms with Crippen LogP contribution in [0.2, 0.25) is 0 Å². The summed E-state index contributed by atoms with van der Waals surface area (Å²) in [5.41, 5.74) is 6.31. The molecule has 3 nitrogen and oxygen atoms in total. The molecule has 0 unspecified atom stereocenters. The van der Waals surface area contributed by atoms with E-state index in [1.807, 2.05) is 0 Å². The van der Waals surface area contributed by atoms with Gasteiger partial charge in [-0.2, -0.15) is 17.6 Å². The second-order valence-corrected chi connectivity index (χ2v) is 4.79. The summed E-state index contributed by atoms with van der Waals surface area (Å²) in [4.78, 5) is 0. The molecular formula is C13H17F4NO2. The average Bonchev–Trinajstić information content (AvgIpc) is 2.37. The summed E-state index contributed by atoms with van der Waals surface area (Å²) in [5, 5.41) is 9.80. The second kappa shape index (κ2) is 6.41. The zero-order valence-corrected chi connectivity index (χ0v) is 11.1. The van der Waals surface area contributed by atoms with Crippen molar-refractivity contribution in [3.63, 3.8) is 0 Å². The number of hydrogen-bond donors (Lipinski definition) is 2. The van der Waals surface area contributed by atoms with Crippen LogP contribution in [0.4, 0.5) is 17.6 Å². The Kier molecular flexibility index (Phi) is 5.35. The first-order valence-corrected chi connectivity index (χ1v) is 6.03. The number of ether oxygens (including phenoxy) is 1. The van der Waals surface area contributed by atoms with Gasteiger partial charge in [0.2, 0.25) is 0 Å². The van der Waals surface area contributed by atoms with Crippen molar-refractivity contribution < 1.29 is 27.4 Å². The molecule has 2 atom stereocenters. The lowest BCUT2D eigenvalue weighted by Gasteiger charge is -2.23. The summed E-state index contributed by atoms with van der Waals surface area (Å²) >= 11 is 0. The fourth-order valence-corrected chi connectivity index (χ4v) is 1.57. The molecule has 0 heterocycles. The lowest BCUT2D eigenvalue weighted by Crippen LogP contribution is -2.33. The fourth-order valence-electron chi connectivity index (χ4n) is 1.57. The van der Waals surface area contributed by atoms with E-state index in [2.05, 4.69) is 4.74 Å². The van der Waals surface area contributed by atoms with Gasteiger partial charge >= 0.3 is 12.5 Å². The Morgan fingerprint density at radius 2 is 1.65 bits per heavy atom. The topological polar surface area (TPSA) is 55.5 Å². The first-order valence-electron chi connectivity index (χ1n) is 6.03. The predicted octanol–water partition coefficient (Wildman–Crippen LogP) is 2.94. The molecule has 0 fully saturated rings. The highest BCUT2D eigenvalue weighted by atomic mass is 19.3. The van der Waals surface area contributed by atoms with Crippen molar-refractivity contribution in [3.05, 3.63) is 29.8 Å². The molecule has 0 aliphatic rings. The van der Waals surface area contributed by atoms with Gasteiger partial charge in [0.15, 0.2) is 0 Å². The molecule has 1 aromatic rings. The molecule has 20 heavy (non-hydrogen) atoms. The van der Waals surface area contributed by atoms with Crippen LogP contribution in [0.15, 0.2) is 24.3 Å². The summed E-state index contributed by atoms with van der Waals surface area (Å²) in [5.74, 6) is -0.477. The minimum Gasteiger partial charge on any atom is -0.428 e. The molecule has 0 aromatic heterocycles. The number of aliphatic hydroxyl groups excluding tert-OH is 1. The summed E-state index contributed by atoms with van der Waals surface area (Å²) in [6.45, 7) is 3.57. The molecule has 7 heteroatoms. The van der Waals surface area contributed by atoms with Crippen LogP contribution in [0, 0.1) is 5.92 Å². The van der Waals surface area contributed by atoms with Crippen LogP contribution in [0.5, 0.6) is 5.75 Å². The van der Waals surface area contributed by atoms with Gasteiger partial charge in [-0.3, -0.25) is 0 Å². The van der Waals surface area contributed by atoms with E-state index in [9.17, 15) is 22.7 Å². The summed E-state index contributed by atoms with van der Waals surface area (Å²) in [6, 6.07) is 4.23. The van der Waals surface area contributed by atoms with Crippen LogP contribution in [0.1, 0.15) is 25.5 Å². The minimum atomic E-state index is -4.54. The van der Waals surface area contributed by atoms with Crippen LogP contribution in [0.3, 0.4) is 0 Å². The molecular weight excluding hydrogens is 278 g/mol. The lowest BCUT2D eigenvalue weighted by molar-refractivity contribution is -0.253. The van der Waals surface area contributed by atoms with Gasteiger partial charge < -0.3 is 15.6 Å². The first-order chi connectivity index (χ1) is 9.15. The van der Waals surface area contributed by atoms with E-state index in [1.165, 1.54) is 12.1 Å². The summed E-state index contributed by atoms with van der Waals surface area (Å²) < 4.78 is 53.2. The molecule has 0 amide bonds. The van der Waals surface area contributed by atoms with Gasteiger partial charge in [-0.15, -0.1) is 0 Å². The fraction of sp³-hybridized carbons (Fsp3) is 0.538. The van der Waals surface area contributed by atoms with Crippen molar-refractivity contribution in [2.24, 2.45) is 11.7 Å². The Bertz CT molecular complexity index is 423. The SMILES string of the molecule is CC(C)[C@@H](O)[C@@H](N)c1ccc(OC(F)(F)C(F)F)cc1. The molecule has 114 valence electrons. The maximum absolute atomic E-state index is 12.7. The third kappa shape index (κ3) is 4.08. The highest BCUT2D eigenvalue weighted by Crippen LogP contribution is 2.28. The third-order valence-corrected chi connectivity index (χ3v) is 2.82. The summed E-state index contributed by atoms with van der Waals surface area (Å²) in [6.07, 6.45) is -9.25. The highest BCUT2D eigenvalue weighted by Gasteiger charge is 2.43. The van der Waals surface area contributed by atoms with E-state index < -0.39 is 30.4 Å². The predicted molar refractivity (Wildman–Crippen MR) is 65.8 cm³/mol. The number of halogens is 4. The lowest BCUT2D eigenvalue weighted by atomic mass is 9.94. The maximum atomic E-state index is 12.7. The Morgan fingerprint density at radius 1 is 1.15 bits per heavy atom. The molecule has 0 saturated carbocycles. The van der Waals surface area contributed by atoms with E-state index >= 15 is 0 Å². The molecule has 0 radical (unpaired) electrons. The van der Waals surface area contributed by atoms with E-state index in [0.29, 0.717) is 5.56 Å². The van der Waals surface area contributed by atoms with E-state index in [1.54, 1.807) is 13.8 Å². The van der Waals surface area contributed by atoms with Crippen molar-refractivity contribution in [2.75, 3.05) is 0 Å². The number of nitrogens with two attached hydrogens (primary N) is 1. The van der Waals surface area contributed by atoms with Gasteiger partial charge in [0.1, 0.15) is 5.75 Å². The van der Waals surface area contributed by atoms with Gasteiger partial charge in [-0.05, 0) is 23.6 Å². The Labute approximate surface area is 114 Å². The van der Waals surface area contributed by atoms with Gasteiger partial charge in [0.05, 0.1) is 12.1 Å². The average molecular weight is 295 g/mol. The van der Waals surface area contributed by atoms with E-state index in [-0.39, 0.29) is 5.92 Å². The normalized spacial score (nSPS) is 15.5. The Hall–Kier alpha value is -1.34. The van der Waals surface area contributed by atoms with E-state index in [4.69, 9.17) is 5.73 Å². The van der Waals surface area contributed by atoms with Gasteiger partial charge in [0.25, 0.3) is 0 Å². The Balaban J connectivity index is 2.79. The third-order valence-electron chi connectivity index (χ3n) is 2.82. The monoisotopic (exact) mass is 295 g/mol. The highest BCUT2D eigenvalue weighted by molar-refractivity contribution is 5.30. The zero-order valence-electron chi connectivity index (χ0n) is 11.1. The zero-order chi connectivity index (χ0) is 15.5. The number of rotatable bonds is 6. The first kappa shape index (κ1) is 16.7. The molecule has 0 spiro atoms. The number of benzene rings is 1. The standard InChI is InChI=1S/C13H17F4NO2/c1-7(2)11(19)10(18)8-3-5-9(6-4-8)20-13(16,17)12(14)15/h3-7,10-12,19H,18H2,1-2H3/t10-,11+/m0/s1. The quantitative estimate of drug-likeness (QED) is 0.793. The van der Waals surface area contributed by atoms with Crippen LogP contribution in [-0.4, -0.2) is 23.7 Å². The largest absolute Gasteiger partial charge is 0.461 e. The van der Waals surface area contributed by atoms with Gasteiger partial charge in [0, 0.05) is 0 Å². The molecule has 0 aliphatic carbocycles. The van der Waals surface area contributed by atoms with Crippen LogP contribution in [0.25, 0.3) is 0 Å². The van der Waals surface area contributed by atoms with E-state index in [0.717, 1.165) is 12.1 Å². The van der Waals surface area contributed by atoms with Crippen molar-refractivity contribution in [1.29, 1.82) is 0 Å². The van der Waals surface area contributed by atoms with Crippen molar-refractivity contribution in [2.45, 2.75) is 38.5 Å². The van der Waals surface area contributed by atoms with Crippen molar-refractivity contribution in [3.8, 4) is 5.75 Å². The number of aliphatic hydroxyl groups is 1. The minimum absolute atomic E-state index is 0.0795. The maximum Gasteiger partial charge on any atom is 0.461 e. The Morgan fingerprint density at radius 3 is 2.05 bits per heavy atom. The molecule has 1 rings (SSSR count). The van der Waals surface area contributed by atoms with Gasteiger partial charge in [-0.1, -0.05) is 26.0 Å². The number of hydrogen-bond acceptors (Lipinski definition) is 3. The number of alkyl halides is 4. The van der Waals surface area contributed by atoms with Gasteiger partial charge in [-0.25, -0.2) is 0 Å². The molecule has 3 N–H and O–H groups in total. The molecule has 0 aliphatic heterocycles. The van der Waals surface area contributed by atoms with Crippen molar-refractivity contribution in [1.82, 2.24) is 0 Å². The smallest absolute Gasteiger partial charge is 0.428 e. The molecule has 0 saturated heterocycles. The second-order valence-electron chi connectivity index (χ2n) is 4.79. The van der Waals surface area contributed by atoms with Crippen LogP contribution >= 0.6 is 0 Å². The summed E-state index contributed by atoms with van der Waals surface area (Å²) in [7, 11) is 0. The van der Waals surface area contributed by atoms with Crippen LogP contribution < -0.4 is 10.5 Å².